The summed E-state index contributed by atoms with van der Waals surface area (Å²) in [5.74, 6) is 0.853. The molecular weight excluding hydrogens is 284 g/mol. The third-order valence-corrected chi connectivity index (χ3v) is 4.05. The first-order valence-electron chi connectivity index (χ1n) is 7.02. The number of anilines is 1. The number of methoxy groups -OCH3 is 1. The third kappa shape index (κ3) is 4.44. The Morgan fingerprint density at radius 3 is 2.48 bits per heavy atom. The van der Waals surface area contributed by atoms with Crippen LogP contribution in [0.1, 0.15) is 28.5 Å². The summed E-state index contributed by atoms with van der Waals surface area (Å²) in [7, 11) is 1.67. The highest BCUT2D eigenvalue weighted by Gasteiger charge is 2.12. The van der Waals surface area contributed by atoms with E-state index in [0.717, 1.165) is 22.1 Å². The minimum absolute atomic E-state index is 0.190. The molecule has 4 nitrogen and oxygen atoms in total. The van der Waals surface area contributed by atoms with Gasteiger partial charge in [0.2, 0.25) is 0 Å². The van der Waals surface area contributed by atoms with Gasteiger partial charge in [0.05, 0.1) is 23.4 Å². The molecule has 0 aliphatic carbocycles. The summed E-state index contributed by atoms with van der Waals surface area (Å²) in [5, 5.41) is 4.58. The van der Waals surface area contributed by atoms with E-state index in [1.807, 2.05) is 31.2 Å². The molecule has 2 aromatic rings. The van der Waals surface area contributed by atoms with Crippen LogP contribution in [0.15, 0.2) is 24.3 Å². The van der Waals surface area contributed by atoms with E-state index in [2.05, 4.69) is 24.1 Å². The Hall–Kier alpha value is -1.59. The smallest absolute Gasteiger partial charge is 0.119 e. The molecule has 2 rings (SSSR count). The predicted octanol–water partition coefficient (Wildman–Crippen LogP) is 3.96. The first kappa shape index (κ1) is 15.8. The van der Waals surface area contributed by atoms with Gasteiger partial charge in [-0.1, -0.05) is 0 Å². The summed E-state index contributed by atoms with van der Waals surface area (Å²) in [6.45, 7) is 7.45. The fraction of sp³-hybridized carbons (Fsp3) is 0.438. The number of thiazole rings is 1. The predicted molar refractivity (Wildman–Crippen MR) is 87.4 cm³/mol. The number of aryl methyl sites for hydroxylation is 2. The van der Waals surface area contributed by atoms with Gasteiger partial charge in [0.15, 0.2) is 0 Å². The van der Waals surface area contributed by atoms with Gasteiger partial charge >= 0.3 is 0 Å². The van der Waals surface area contributed by atoms with Gasteiger partial charge < -0.3 is 14.8 Å². The molecular formula is C16H22N2O2S. The van der Waals surface area contributed by atoms with E-state index in [-0.39, 0.29) is 6.04 Å². The number of benzene rings is 1. The molecule has 1 N–H and O–H groups in total. The largest absolute Gasteiger partial charge is 0.491 e. The van der Waals surface area contributed by atoms with Crippen LogP contribution in [-0.2, 0) is 4.74 Å². The molecule has 0 radical (unpaired) electrons. The Bertz CT molecular complexity index is 566. The first-order chi connectivity index (χ1) is 10.1. The Morgan fingerprint density at radius 1 is 1.19 bits per heavy atom. The molecule has 1 heterocycles. The van der Waals surface area contributed by atoms with Crippen molar-refractivity contribution < 1.29 is 9.47 Å². The second-order valence-corrected chi connectivity index (χ2v) is 6.31. The number of rotatable bonds is 7. The monoisotopic (exact) mass is 306 g/mol. The number of nitrogens with zero attached hydrogens (tertiary/aromatic N) is 1. The summed E-state index contributed by atoms with van der Waals surface area (Å²) >= 11 is 1.74. The molecule has 0 saturated carbocycles. The maximum absolute atomic E-state index is 5.55. The van der Waals surface area contributed by atoms with E-state index in [9.17, 15) is 0 Å². The fourth-order valence-corrected chi connectivity index (χ4v) is 3.07. The number of hydrogen-bond donors (Lipinski definition) is 1. The minimum Gasteiger partial charge on any atom is -0.491 e. The van der Waals surface area contributed by atoms with Crippen LogP contribution in [0.25, 0.3) is 0 Å². The lowest BCUT2D eigenvalue weighted by Gasteiger charge is -2.15. The van der Waals surface area contributed by atoms with Crippen molar-refractivity contribution in [2.24, 2.45) is 0 Å². The van der Waals surface area contributed by atoms with Gasteiger partial charge in [-0.15, -0.1) is 11.3 Å². The van der Waals surface area contributed by atoms with E-state index in [1.165, 1.54) is 4.88 Å². The van der Waals surface area contributed by atoms with Gasteiger partial charge in [0.1, 0.15) is 12.4 Å². The summed E-state index contributed by atoms with van der Waals surface area (Å²) in [6, 6.07) is 8.16. The summed E-state index contributed by atoms with van der Waals surface area (Å²) in [4.78, 5) is 5.86. The molecule has 114 valence electrons. The van der Waals surface area contributed by atoms with Crippen LogP contribution in [0.2, 0.25) is 0 Å². The van der Waals surface area contributed by atoms with E-state index in [0.29, 0.717) is 13.2 Å². The number of nitrogens with one attached hydrogen (secondary N) is 1. The van der Waals surface area contributed by atoms with E-state index in [4.69, 9.17) is 9.47 Å². The van der Waals surface area contributed by atoms with Crippen LogP contribution < -0.4 is 10.1 Å². The van der Waals surface area contributed by atoms with Crippen molar-refractivity contribution >= 4 is 17.0 Å². The first-order valence-corrected chi connectivity index (χ1v) is 7.84. The van der Waals surface area contributed by atoms with Gasteiger partial charge in [-0.2, -0.15) is 0 Å². The highest BCUT2D eigenvalue weighted by molar-refractivity contribution is 7.11. The van der Waals surface area contributed by atoms with E-state index in [1.54, 1.807) is 18.4 Å². The zero-order valence-corrected chi connectivity index (χ0v) is 13.8. The van der Waals surface area contributed by atoms with Crippen LogP contribution in [0.4, 0.5) is 5.69 Å². The van der Waals surface area contributed by atoms with Crippen LogP contribution in [0.3, 0.4) is 0 Å². The molecule has 0 bridgehead atoms. The molecule has 0 amide bonds. The fourth-order valence-electron chi connectivity index (χ4n) is 2.16. The van der Waals surface area contributed by atoms with Gasteiger partial charge in [0.25, 0.3) is 0 Å². The lowest BCUT2D eigenvalue weighted by Crippen LogP contribution is -2.08. The molecule has 1 aromatic carbocycles. The molecule has 0 aliphatic heterocycles. The molecule has 1 atom stereocenters. The SMILES string of the molecule is COCCOc1ccc(NC(C)c2nc(C)sc2C)cc1. The van der Waals surface area contributed by atoms with Gasteiger partial charge in [-0.05, 0) is 45.0 Å². The molecule has 0 aliphatic rings. The molecule has 1 unspecified atom stereocenters. The second kappa shape index (κ2) is 7.43. The zero-order chi connectivity index (χ0) is 15.2. The van der Waals surface area contributed by atoms with E-state index >= 15 is 0 Å². The van der Waals surface area contributed by atoms with Crippen LogP contribution in [-0.4, -0.2) is 25.3 Å². The van der Waals surface area contributed by atoms with Crippen molar-refractivity contribution in [3.8, 4) is 5.75 Å². The maximum Gasteiger partial charge on any atom is 0.119 e. The zero-order valence-electron chi connectivity index (χ0n) is 13.0. The van der Waals surface area contributed by atoms with Gasteiger partial charge in [-0.3, -0.25) is 0 Å². The van der Waals surface area contributed by atoms with E-state index < -0.39 is 0 Å². The summed E-state index contributed by atoms with van der Waals surface area (Å²) in [5.41, 5.74) is 2.18. The highest BCUT2D eigenvalue weighted by atomic mass is 32.1. The molecule has 0 fully saturated rings. The molecule has 21 heavy (non-hydrogen) atoms. The van der Waals surface area contributed by atoms with Crippen molar-refractivity contribution in [2.45, 2.75) is 26.8 Å². The average molecular weight is 306 g/mol. The molecule has 0 spiro atoms. The van der Waals surface area contributed by atoms with Crippen molar-refractivity contribution in [1.29, 1.82) is 0 Å². The van der Waals surface area contributed by atoms with Crippen LogP contribution in [0.5, 0.6) is 5.75 Å². The average Bonchev–Trinajstić information content (AvgIpc) is 2.80. The molecule has 0 saturated heterocycles. The van der Waals surface area contributed by atoms with Crippen LogP contribution >= 0.6 is 11.3 Å². The van der Waals surface area contributed by atoms with Crippen molar-refractivity contribution in [3.05, 3.63) is 39.8 Å². The Morgan fingerprint density at radius 2 is 1.90 bits per heavy atom. The maximum atomic E-state index is 5.55. The van der Waals surface area contributed by atoms with Crippen molar-refractivity contribution in [3.63, 3.8) is 0 Å². The molecule has 1 aromatic heterocycles. The van der Waals surface area contributed by atoms with Gasteiger partial charge in [0, 0.05) is 17.7 Å². The number of ether oxygens (including phenoxy) is 2. The Labute approximate surface area is 130 Å². The second-order valence-electron chi connectivity index (χ2n) is 4.91. The Balaban J connectivity index is 1.95. The quantitative estimate of drug-likeness (QED) is 0.786. The lowest BCUT2D eigenvalue weighted by molar-refractivity contribution is 0.146. The summed E-state index contributed by atoms with van der Waals surface area (Å²) in [6.07, 6.45) is 0. The lowest BCUT2D eigenvalue weighted by atomic mass is 10.2. The van der Waals surface area contributed by atoms with Gasteiger partial charge in [-0.25, -0.2) is 4.98 Å². The third-order valence-electron chi connectivity index (χ3n) is 3.14. The summed E-state index contributed by atoms with van der Waals surface area (Å²) < 4.78 is 10.5. The number of aromatic nitrogens is 1. The van der Waals surface area contributed by atoms with Crippen LogP contribution in [0, 0.1) is 13.8 Å². The van der Waals surface area contributed by atoms with Crippen molar-refractivity contribution in [2.75, 3.05) is 25.6 Å². The topological polar surface area (TPSA) is 43.4 Å². The standard InChI is InChI=1S/C16H22N2O2S/c1-11(16-12(2)21-13(3)18-16)17-14-5-7-15(8-6-14)20-10-9-19-4/h5-8,11,17H,9-10H2,1-4H3. The molecule has 5 heteroatoms. The Kier molecular flexibility index (Phi) is 5.59. The minimum atomic E-state index is 0.190. The normalized spacial score (nSPS) is 12.2. The number of hydrogen-bond acceptors (Lipinski definition) is 5. The highest BCUT2D eigenvalue weighted by Crippen LogP contribution is 2.26. The van der Waals surface area contributed by atoms with Crippen molar-refractivity contribution in [1.82, 2.24) is 4.98 Å².